The molecule has 0 aromatic carbocycles. The summed E-state index contributed by atoms with van der Waals surface area (Å²) in [6.45, 7) is 0.0843. The van der Waals surface area contributed by atoms with Crippen molar-refractivity contribution >= 4 is 28.6 Å². The van der Waals surface area contributed by atoms with Gasteiger partial charge in [0.05, 0.1) is 0 Å². The van der Waals surface area contributed by atoms with E-state index in [1.807, 2.05) is 0 Å². The van der Waals surface area contributed by atoms with Gasteiger partial charge in [-0.25, -0.2) is 0 Å². The molecule has 3 nitrogen and oxygen atoms in total. The number of rotatable bonds is 5. The Bertz CT molecular complexity index is 105. The molecule has 0 bridgehead atoms. The Hall–Kier alpha value is 0.160. The molecule has 4 heteroatoms. The first kappa shape index (κ1) is 10.2. The zero-order chi connectivity index (χ0) is 7.98. The van der Waals surface area contributed by atoms with Gasteiger partial charge in [0.25, 0.3) is 0 Å². The number of carboxylic acid groups (broad SMARTS) is 1. The quantitative estimate of drug-likeness (QED) is 0.569. The van der Waals surface area contributed by atoms with Crippen LogP contribution in [0.1, 0.15) is 12.8 Å². The summed E-state index contributed by atoms with van der Waals surface area (Å²) in [6.07, 6.45) is 0.763. The van der Waals surface area contributed by atoms with Crippen LogP contribution < -0.4 is 0 Å². The van der Waals surface area contributed by atoms with Crippen molar-refractivity contribution in [1.82, 2.24) is 0 Å². The second-order valence-corrected chi connectivity index (χ2v) is 3.01. The van der Waals surface area contributed by atoms with Gasteiger partial charge < -0.3 is 10.2 Å². The van der Waals surface area contributed by atoms with Crippen molar-refractivity contribution in [2.75, 3.05) is 11.0 Å². The van der Waals surface area contributed by atoms with Crippen molar-refractivity contribution < 1.29 is 15.0 Å². The molecule has 0 aliphatic heterocycles. The zero-order valence-corrected chi connectivity index (χ0v) is 7.74. The summed E-state index contributed by atoms with van der Waals surface area (Å²) < 4.78 is 0.796. The van der Waals surface area contributed by atoms with Crippen LogP contribution in [0, 0.1) is 5.92 Å². The molecule has 1 unspecified atom stereocenters. The van der Waals surface area contributed by atoms with Crippen molar-refractivity contribution in [2.24, 2.45) is 5.92 Å². The fraction of sp³-hybridized carbons (Fsp3) is 0.833. The molecule has 0 heterocycles. The molecule has 0 rings (SSSR count). The third kappa shape index (κ3) is 4.99. The second kappa shape index (κ2) is 5.91. The Morgan fingerprint density at radius 2 is 2.20 bits per heavy atom. The number of hydrogen-bond donors (Lipinski definition) is 2. The number of hydrogen-bond acceptors (Lipinski definition) is 2. The van der Waals surface area contributed by atoms with Crippen LogP contribution in [-0.2, 0) is 4.79 Å². The zero-order valence-electron chi connectivity index (χ0n) is 5.59. The standard InChI is InChI=1S/C6H11IO3/c7-4-5(1-2-8)3-6(9)10/h5,8H,1-4H2,(H,9,10). The molecule has 0 saturated heterocycles. The highest BCUT2D eigenvalue weighted by Crippen LogP contribution is 2.11. The van der Waals surface area contributed by atoms with Crippen LogP contribution in [0.25, 0.3) is 0 Å². The van der Waals surface area contributed by atoms with E-state index in [9.17, 15) is 4.79 Å². The molecule has 2 N–H and O–H groups in total. The number of aliphatic hydroxyl groups excluding tert-OH is 1. The van der Waals surface area contributed by atoms with Gasteiger partial charge in [-0.15, -0.1) is 0 Å². The van der Waals surface area contributed by atoms with Crippen LogP contribution >= 0.6 is 22.6 Å². The van der Waals surface area contributed by atoms with Gasteiger partial charge in [0.15, 0.2) is 0 Å². The first-order valence-electron chi connectivity index (χ1n) is 3.09. The van der Waals surface area contributed by atoms with Gasteiger partial charge in [-0.05, 0) is 12.3 Å². The molecule has 0 fully saturated rings. The van der Waals surface area contributed by atoms with Gasteiger partial charge in [0.1, 0.15) is 0 Å². The third-order valence-electron chi connectivity index (χ3n) is 1.22. The van der Waals surface area contributed by atoms with E-state index in [1.165, 1.54) is 0 Å². The van der Waals surface area contributed by atoms with Gasteiger partial charge in [0, 0.05) is 17.5 Å². The van der Waals surface area contributed by atoms with Crippen molar-refractivity contribution in [1.29, 1.82) is 0 Å². The molecule has 0 aromatic rings. The molecule has 0 aliphatic rings. The lowest BCUT2D eigenvalue weighted by molar-refractivity contribution is -0.137. The minimum atomic E-state index is -0.782. The highest BCUT2D eigenvalue weighted by atomic mass is 127. The van der Waals surface area contributed by atoms with Gasteiger partial charge in [-0.1, -0.05) is 22.6 Å². The summed E-state index contributed by atoms with van der Waals surface area (Å²) in [5.74, 6) is -0.654. The van der Waals surface area contributed by atoms with Crippen LogP contribution in [0.4, 0.5) is 0 Å². The predicted molar refractivity (Wildman–Crippen MR) is 46.3 cm³/mol. The molecule has 0 radical (unpaired) electrons. The number of aliphatic hydroxyl groups is 1. The van der Waals surface area contributed by atoms with Crippen molar-refractivity contribution in [2.45, 2.75) is 12.8 Å². The minimum Gasteiger partial charge on any atom is -0.481 e. The Morgan fingerprint density at radius 3 is 2.50 bits per heavy atom. The van der Waals surface area contributed by atoms with Crippen LogP contribution in [0.5, 0.6) is 0 Å². The average molecular weight is 258 g/mol. The molecular weight excluding hydrogens is 247 g/mol. The maximum atomic E-state index is 10.2. The van der Waals surface area contributed by atoms with Gasteiger partial charge in [-0.2, -0.15) is 0 Å². The Kier molecular flexibility index (Phi) is 6.00. The summed E-state index contributed by atoms with van der Waals surface area (Å²) in [7, 11) is 0. The SMILES string of the molecule is O=C(O)CC(CI)CCO. The maximum absolute atomic E-state index is 10.2. The number of carboxylic acids is 1. The smallest absolute Gasteiger partial charge is 0.303 e. The maximum Gasteiger partial charge on any atom is 0.303 e. The van der Waals surface area contributed by atoms with Crippen LogP contribution in [0.2, 0.25) is 0 Å². The summed E-state index contributed by atoms with van der Waals surface area (Å²) in [6, 6.07) is 0. The van der Waals surface area contributed by atoms with E-state index in [0.29, 0.717) is 6.42 Å². The number of aliphatic carboxylic acids is 1. The summed E-state index contributed by atoms with van der Waals surface area (Å²) in [4.78, 5) is 10.2. The molecule has 0 amide bonds. The van der Waals surface area contributed by atoms with Gasteiger partial charge in [-0.3, -0.25) is 4.79 Å². The van der Waals surface area contributed by atoms with Crippen molar-refractivity contribution in [3.63, 3.8) is 0 Å². The number of halogens is 1. The first-order valence-corrected chi connectivity index (χ1v) is 4.62. The number of carbonyl (C=O) groups is 1. The monoisotopic (exact) mass is 258 g/mol. The fourth-order valence-corrected chi connectivity index (χ4v) is 1.42. The molecule has 0 aromatic heterocycles. The van der Waals surface area contributed by atoms with E-state index in [1.54, 1.807) is 0 Å². The average Bonchev–Trinajstić information content (AvgIpc) is 1.86. The third-order valence-corrected chi connectivity index (χ3v) is 2.46. The molecule has 1 atom stereocenters. The summed E-state index contributed by atoms with van der Waals surface area (Å²) in [5.41, 5.74) is 0. The molecular formula is C6H11IO3. The summed E-state index contributed by atoms with van der Waals surface area (Å²) >= 11 is 2.13. The Morgan fingerprint density at radius 1 is 1.60 bits per heavy atom. The lowest BCUT2D eigenvalue weighted by atomic mass is 10.1. The van der Waals surface area contributed by atoms with E-state index in [-0.39, 0.29) is 18.9 Å². The largest absolute Gasteiger partial charge is 0.481 e. The Balaban J connectivity index is 3.49. The molecule has 10 heavy (non-hydrogen) atoms. The minimum absolute atomic E-state index is 0.0843. The van der Waals surface area contributed by atoms with E-state index in [0.717, 1.165) is 4.43 Å². The van der Waals surface area contributed by atoms with E-state index < -0.39 is 5.97 Å². The van der Waals surface area contributed by atoms with Crippen LogP contribution in [-0.4, -0.2) is 27.2 Å². The summed E-state index contributed by atoms with van der Waals surface area (Å²) in [5, 5.41) is 16.8. The second-order valence-electron chi connectivity index (χ2n) is 2.13. The van der Waals surface area contributed by atoms with Crippen LogP contribution in [0.3, 0.4) is 0 Å². The Labute approximate surface area is 73.6 Å². The van der Waals surface area contributed by atoms with E-state index in [2.05, 4.69) is 22.6 Å². The fourth-order valence-electron chi connectivity index (χ4n) is 0.663. The van der Waals surface area contributed by atoms with Gasteiger partial charge in [0.2, 0.25) is 0 Å². The lowest BCUT2D eigenvalue weighted by Crippen LogP contribution is -2.10. The highest BCUT2D eigenvalue weighted by Gasteiger charge is 2.10. The molecule has 0 spiro atoms. The molecule has 60 valence electrons. The highest BCUT2D eigenvalue weighted by molar-refractivity contribution is 14.1. The first-order chi connectivity index (χ1) is 4.70. The van der Waals surface area contributed by atoms with Crippen molar-refractivity contribution in [3.05, 3.63) is 0 Å². The predicted octanol–water partition coefficient (Wildman–Crippen LogP) is 0.895. The van der Waals surface area contributed by atoms with Crippen LogP contribution in [0.15, 0.2) is 0 Å². The normalized spacial score (nSPS) is 13.0. The lowest BCUT2D eigenvalue weighted by Gasteiger charge is -2.07. The van der Waals surface area contributed by atoms with E-state index >= 15 is 0 Å². The van der Waals surface area contributed by atoms with E-state index in [4.69, 9.17) is 10.2 Å². The van der Waals surface area contributed by atoms with Crippen molar-refractivity contribution in [3.8, 4) is 0 Å². The topological polar surface area (TPSA) is 57.5 Å². The number of alkyl halides is 1. The van der Waals surface area contributed by atoms with Gasteiger partial charge >= 0.3 is 5.97 Å². The molecule has 0 saturated carbocycles. The molecule has 0 aliphatic carbocycles.